The Hall–Kier alpha value is -1.42. The van der Waals surface area contributed by atoms with Gasteiger partial charge in [-0.1, -0.05) is 35.0 Å². The molecule has 1 atom stereocenters. The van der Waals surface area contributed by atoms with Gasteiger partial charge in [-0.3, -0.25) is 9.78 Å². The number of carbonyl (C=O) groups is 1. The number of halogens is 1. The Labute approximate surface area is 108 Å². The molecule has 3 nitrogen and oxygen atoms in total. The Balaban J connectivity index is 2.32. The predicted molar refractivity (Wildman–Crippen MR) is 72.5 cm³/mol. The summed E-state index contributed by atoms with van der Waals surface area (Å²) in [4.78, 5) is 16.5. The first kappa shape index (κ1) is 12.0. The molecule has 0 aliphatic rings. The fraction of sp³-hybridized carbons (Fsp3) is 0.231. The topological polar surface area (TPSA) is 42.0 Å². The van der Waals surface area contributed by atoms with Crippen LogP contribution in [-0.2, 0) is 0 Å². The summed E-state index contributed by atoms with van der Waals surface area (Å²) < 4.78 is 0. The van der Waals surface area contributed by atoms with Gasteiger partial charge in [0.1, 0.15) is 0 Å². The van der Waals surface area contributed by atoms with Crippen molar-refractivity contribution in [3.8, 4) is 0 Å². The molecule has 0 saturated heterocycles. The monoisotopic (exact) mass is 292 g/mol. The Morgan fingerprint density at radius 1 is 1.41 bits per heavy atom. The molecule has 1 aromatic heterocycles. The van der Waals surface area contributed by atoms with Gasteiger partial charge >= 0.3 is 0 Å². The number of hydrogen-bond donors (Lipinski definition) is 1. The van der Waals surface area contributed by atoms with Gasteiger partial charge < -0.3 is 5.32 Å². The molecule has 17 heavy (non-hydrogen) atoms. The molecule has 0 spiro atoms. The Morgan fingerprint density at radius 2 is 2.24 bits per heavy atom. The summed E-state index contributed by atoms with van der Waals surface area (Å²) >= 11 is 3.40. The number of benzene rings is 1. The summed E-state index contributed by atoms with van der Waals surface area (Å²) in [6.45, 7) is 2.60. The van der Waals surface area contributed by atoms with E-state index in [-0.39, 0.29) is 10.7 Å². The lowest BCUT2D eigenvalue weighted by atomic mass is 10.1. The molecule has 0 fully saturated rings. The highest BCUT2D eigenvalue weighted by atomic mass is 79.9. The van der Waals surface area contributed by atoms with Crippen LogP contribution >= 0.6 is 15.9 Å². The van der Waals surface area contributed by atoms with Gasteiger partial charge in [0.15, 0.2) is 0 Å². The first-order valence-electron chi connectivity index (χ1n) is 5.44. The van der Waals surface area contributed by atoms with Gasteiger partial charge in [0.2, 0.25) is 0 Å². The molecule has 0 aliphatic heterocycles. The molecule has 1 aromatic carbocycles. The van der Waals surface area contributed by atoms with E-state index in [0.29, 0.717) is 12.1 Å². The second-order valence-electron chi connectivity index (χ2n) is 3.87. The van der Waals surface area contributed by atoms with E-state index in [2.05, 4.69) is 26.2 Å². The number of nitrogens with one attached hydrogen (secondary N) is 1. The van der Waals surface area contributed by atoms with Crippen LogP contribution in [0, 0.1) is 0 Å². The van der Waals surface area contributed by atoms with Crippen molar-refractivity contribution in [3.05, 3.63) is 42.1 Å². The number of rotatable bonds is 3. The van der Waals surface area contributed by atoms with Crippen LogP contribution in [0.3, 0.4) is 0 Å². The van der Waals surface area contributed by atoms with Gasteiger partial charge in [-0.25, -0.2) is 0 Å². The molecule has 0 radical (unpaired) electrons. The van der Waals surface area contributed by atoms with Crippen LogP contribution < -0.4 is 5.32 Å². The maximum absolute atomic E-state index is 12.0. The minimum atomic E-state index is -0.0603. The van der Waals surface area contributed by atoms with E-state index in [1.807, 2.05) is 37.3 Å². The maximum Gasteiger partial charge on any atom is 0.252 e. The van der Waals surface area contributed by atoms with Gasteiger partial charge in [0, 0.05) is 28.5 Å². The van der Waals surface area contributed by atoms with Crippen LogP contribution in [0.2, 0.25) is 0 Å². The maximum atomic E-state index is 12.0. The van der Waals surface area contributed by atoms with E-state index in [1.165, 1.54) is 0 Å². The van der Waals surface area contributed by atoms with Gasteiger partial charge in [0.05, 0.1) is 5.52 Å². The average molecular weight is 293 g/mol. The van der Waals surface area contributed by atoms with E-state index < -0.39 is 0 Å². The van der Waals surface area contributed by atoms with Crippen LogP contribution in [0.1, 0.15) is 17.3 Å². The van der Waals surface area contributed by atoms with E-state index in [4.69, 9.17) is 0 Å². The third-order valence-electron chi connectivity index (χ3n) is 2.43. The van der Waals surface area contributed by atoms with Crippen LogP contribution in [0.4, 0.5) is 0 Å². The molecule has 1 N–H and O–H groups in total. The smallest absolute Gasteiger partial charge is 0.252 e. The molecule has 1 amide bonds. The molecular formula is C13H13BrN2O. The number of hydrogen-bond acceptors (Lipinski definition) is 2. The third-order valence-corrected chi connectivity index (χ3v) is 2.76. The molecular weight excluding hydrogens is 280 g/mol. The Kier molecular flexibility index (Phi) is 3.74. The van der Waals surface area contributed by atoms with E-state index in [1.54, 1.807) is 6.20 Å². The van der Waals surface area contributed by atoms with Crippen LogP contribution in [-0.4, -0.2) is 22.3 Å². The Morgan fingerprint density at radius 3 is 3.00 bits per heavy atom. The number of carbonyl (C=O) groups excluding carboxylic acids is 1. The van der Waals surface area contributed by atoms with Gasteiger partial charge in [-0.2, -0.15) is 0 Å². The van der Waals surface area contributed by atoms with Crippen molar-refractivity contribution >= 4 is 32.7 Å². The molecule has 4 heteroatoms. The van der Waals surface area contributed by atoms with Crippen molar-refractivity contribution in [2.45, 2.75) is 11.8 Å². The fourth-order valence-electron chi connectivity index (χ4n) is 1.63. The fourth-order valence-corrected chi connectivity index (χ4v) is 1.79. The summed E-state index contributed by atoms with van der Waals surface area (Å²) in [6.07, 6.45) is 1.73. The van der Waals surface area contributed by atoms with Crippen molar-refractivity contribution < 1.29 is 4.79 Å². The van der Waals surface area contributed by atoms with Crippen molar-refractivity contribution in [3.63, 3.8) is 0 Å². The quantitative estimate of drug-likeness (QED) is 0.884. The van der Waals surface area contributed by atoms with Gasteiger partial charge in [-0.05, 0) is 18.2 Å². The summed E-state index contributed by atoms with van der Waals surface area (Å²) in [7, 11) is 0. The molecule has 1 heterocycles. The number of fused-ring (bicyclic) bond motifs is 1. The van der Waals surface area contributed by atoms with E-state index in [9.17, 15) is 4.79 Å². The van der Waals surface area contributed by atoms with Crippen LogP contribution in [0.15, 0.2) is 36.5 Å². The molecule has 0 saturated carbocycles. The standard InChI is InChI=1S/C13H13BrN2O/c1-9(14)8-16-13(17)11-4-2-6-12-10(11)5-3-7-15-12/h2-7,9H,8H2,1H3,(H,16,17). The number of nitrogens with zero attached hydrogens (tertiary/aromatic N) is 1. The summed E-state index contributed by atoms with van der Waals surface area (Å²) in [6, 6.07) is 9.32. The number of pyridine rings is 1. The number of alkyl halides is 1. The summed E-state index contributed by atoms with van der Waals surface area (Å²) in [5.74, 6) is -0.0603. The van der Waals surface area contributed by atoms with Crippen molar-refractivity contribution in [2.24, 2.45) is 0 Å². The second kappa shape index (κ2) is 5.27. The van der Waals surface area contributed by atoms with E-state index >= 15 is 0 Å². The molecule has 0 aliphatic carbocycles. The minimum Gasteiger partial charge on any atom is -0.351 e. The first-order valence-corrected chi connectivity index (χ1v) is 6.36. The lowest BCUT2D eigenvalue weighted by molar-refractivity contribution is 0.0956. The lowest BCUT2D eigenvalue weighted by Gasteiger charge is -2.08. The van der Waals surface area contributed by atoms with Gasteiger partial charge in [0.25, 0.3) is 5.91 Å². The van der Waals surface area contributed by atoms with Crippen molar-refractivity contribution in [1.29, 1.82) is 0 Å². The minimum absolute atomic E-state index is 0.0603. The van der Waals surface area contributed by atoms with Crippen molar-refractivity contribution in [2.75, 3.05) is 6.54 Å². The highest BCUT2D eigenvalue weighted by Crippen LogP contribution is 2.16. The molecule has 2 aromatic rings. The van der Waals surface area contributed by atoms with Crippen LogP contribution in [0.25, 0.3) is 10.9 Å². The summed E-state index contributed by atoms with van der Waals surface area (Å²) in [5, 5.41) is 3.76. The normalized spacial score (nSPS) is 12.4. The van der Waals surface area contributed by atoms with Crippen molar-refractivity contribution in [1.82, 2.24) is 10.3 Å². The zero-order valence-electron chi connectivity index (χ0n) is 9.48. The summed E-state index contributed by atoms with van der Waals surface area (Å²) in [5.41, 5.74) is 1.51. The highest BCUT2D eigenvalue weighted by Gasteiger charge is 2.10. The zero-order chi connectivity index (χ0) is 12.3. The van der Waals surface area contributed by atoms with E-state index in [0.717, 1.165) is 10.9 Å². The number of amides is 1. The Bertz CT molecular complexity index is 534. The molecule has 2 rings (SSSR count). The second-order valence-corrected chi connectivity index (χ2v) is 5.43. The zero-order valence-corrected chi connectivity index (χ0v) is 11.1. The molecule has 0 bridgehead atoms. The molecule has 1 unspecified atom stereocenters. The average Bonchev–Trinajstić information content (AvgIpc) is 2.35. The molecule has 88 valence electrons. The van der Waals surface area contributed by atoms with Gasteiger partial charge in [-0.15, -0.1) is 0 Å². The van der Waals surface area contributed by atoms with Crippen LogP contribution in [0.5, 0.6) is 0 Å². The SMILES string of the molecule is CC(Br)CNC(=O)c1cccc2ncccc12. The number of aromatic nitrogens is 1. The largest absolute Gasteiger partial charge is 0.351 e. The lowest BCUT2D eigenvalue weighted by Crippen LogP contribution is -2.28. The first-order chi connectivity index (χ1) is 8.18. The predicted octanol–water partition coefficient (Wildman–Crippen LogP) is 2.75. The third kappa shape index (κ3) is 2.82. The highest BCUT2D eigenvalue weighted by molar-refractivity contribution is 9.09.